The number of carbonyl (C=O) groups is 2. The second kappa shape index (κ2) is 15.3. The second-order valence-electron chi connectivity index (χ2n) is 9.96. The van der Waals surface area contributed by atoms with Gasteiger partial charge in [-0.15, -0.1) is 0 Å². The molecule has 43 heavy (non-hydrogen) atoms. The van der Waals surface area contributed by atoms with Gasteiger partial charge in [-0.25, -0.2) is 8.42 Å². The standard InChI is InChI=1S/C32H41N3O7S/c1-7-23(3)33-32(37)24(4)34(21-25-12-10-9-11-13-25)31(36)22-35(26-14-16-27(17-15-26)42-8-2)43(38,39)28-18-19-29(40-5)30(20-28)41-6/h9-20,23-24H,7-8,21-22H2,1-6H3,(H,33,37)/t23-,24-/m0/s1. The van der Waals surface area contributed by atoms with E-state index in [2.05, 4.69) is 5.32 Å². The number of amides is 2. The Bertz CT molecular complexity index is 1460. The zero-order chi connectivity index (χ0) is 31.6. The van der Waals surface area contributed by atoms with Gasteiger partial charge in [-0.05, 0) is 69.2 Å². The number of sulfonamides is 1. The maximum Gasteiger partial charge on any atom is 0.264 e. The first kappa shape index (κ1) is 33.3. The number of methoxy groups -OCH3 is 2. The number of ether oxygens (including phenoxy) is 3. The van der Waals surface area contributed by atoms with Gasteiger partial charge < -0.3 is 24.4 Å². The lowest BCUT2D eigenvalue weighted by Crippen LogP contribution is -2.52. The van der Waals surface area contributed by atoms with Gasteiger partial charge in [-0.1, -0.05) is 37.3 Å². The summed E-state index contributed by atoms with van der Waals surface area (Å²) in [5.74, 6) is 0.271. The van der Waals surface area contributed by atoms with Crippen LogP contribution in [0.4, 0.5) is 5.69 Å². The van der Waals surface area contributed by atoms with E-state index in [0.717, 1.165) is 16.3 Å². The van der Waals surface area contributed by atoms with Crippen LogP contribution < -0.4 is 23.8 Å². The summed E-state index contributed by atoms with van der Waals surface area (Å²) >= 11 is 0. The minimum Gasteiger partial charge on any atom is -0.494 e. The Labute approximate surface area is 254 Å². The number of benzene rings is 3. The molecule has 0 aliphatic heterocycles. The Kier molecular flexibility index (Phi) is 11.8. The van der Waals surface area contributed by atoms with Gasteiger partial charge in [0, 0.05) is 18.7 Å². The highest BCUT2D eigenvalue weighted by molar-refractivity contribution is 7.92. The van der Waals surface area contributed by atoms with Crippen LogP contribution in [0.25, 0.3) is 0 Å². The lowest BCUT2D eigenvalue weighted by atomic mass is 10.1. The molecule has 0 bridgehead atoms. The van der Waals surface area contributed by atoms with E-state index in [1.54, 1.807) is 31.2 Å². The van der Waals surface area contributed by atoms with Crippen LogP contribution in [0.5, 0.6) is 17.2 Å². The molecule has 2 atom stereocenters. The summed E-state index contributed by atoms with van der Waals surface area (Å²) in [4.78, 5) is 28.6. The van der Waals surface area contributed by atoms with Crippen molar-refractivity contribution in [3.05, 3.63) is 78.4 Å². The van der Waals surface area contributed by atoms with E-state index in [4.69, 9.17) is 14.2 Å². The fourth-order valence-corrected chi connectivity index (χ4v) is 5.77. The van der Waals surface area contributed by atoms with E-state index in [0.29, 0.717) is 18.1 Å². The highest BCUT2D eigenvalue weighted by Crippen LogP contribution is 2.33. The van der Waals surface area contributed by atoms with Gasteiger partial charge in [0.05, 0.1) is 31.4 Å². The molecule has 0 saturated heterocycles. The summed E-state index contributed by atoms with van der Waals surface area (Å²) in [6, 6.07) is 19.0. The molecule has 2 amide bonds. The highest BCUT2D eigenvalue weighted by atomic mass is 32.2. The molecule has 0 radical (unpaired) electrons. The Morgan fingerprint density at radius 3 is 2.12 bits per heavy atom. The van der Waals surface area contributed by atoms with Crippen molar-refractivity contribution in [2.45, 2.75) is 57.6 Å². The zero-order valence-electron chi connectivity index (χ0n) is 25.6. The van der Waals surface area contributed by atoms with Crippen molar-refractivity contribution in [1.29, 1.82) is 0 Å². The van der Waals surface area contributed by atoms with E-state index in [1.807, 2.05) is 51.1 Å². The van der Waals surface area contributed by atoms with Crippen LogP contribution >= 0.6 is 0 Å². The molecule has 0 saturated carbocycles. The van der Waals surface area contributed by atoms with Crippen molar-refractivity contribution in [2.75, 3.05) is 31.7 Å². The second-order valence-corrected chi connectivity index (χ2v) is 11.8. The van der Waals surface area contributed by atoms with Gasteiger partial charge in [0.1, 0.15) is 18.3 Å². The number of rotatable bonds is 15. The molecule has 0 unspecified atom stereocenters. The van der Waals surface area contributed by atoms with Crippen LogP contribution in [-0.4, -0.2) is 64.6 Å². The molecule has 0 fully saturated rings. The van der Waals surface area contributed by atoms with E-state index in [1.165, 1.54) is 37.3 Å². The van der Waals surface area contributed by atoms with E-state index < -0.39 is 28.5 Å². The third-order valence-corrected chi connectivity index (χ3v) is 8.79. The summed E-state index contributed by atoms with van der Waals surface area (Å²) in [6.07, 6.45) is 0.722. The third kappa shape index (κ3) is 8.41. The number of hydrogen-bond donors (Lipinski definition) is 1. The predicted molar refractivity (Wildman–Crippen MR) is 166 cm³/mol. The molecule has 1 N–H and O–H groups in total. The molecule has 11 heteroatoms. The predicted octanol–water partition coefficient (Wildman–Crippen LogP) is 4.63. The first-order chi connectivity index (χ1) is 20.5. The first-order valence-electron chi connectivity index (χ1n) is 14.2. The topological polar surface area (TPSA) is 114 Å². The number of hydrogen-bond acceptors (Lipinski definition) is 7. The van der Waals surface area contributed by atoms with E-state index in [9.17, 15) is 18.0 Å². The highest BCUT2D eigenvalue weighted by Gasteiger charge is 2.33. The molecule has 0 aliphatic carbocycles. The van der Waals surface area contributed by atoms with Gasteiger partial charge in [0.25, 0.3) is 10.0 Å². The summed E-state index contributed by atoms with van der Waals surface area (Å²) in [6.45, 7) is 7.33. The lowest BCUT2D eigenvalue weighted by Gasteiger charge is -2.32. The van der Waals surface area contributed by atoms with E-state index >= 15 is 0 Å². The Hall–Kier alpha value is -4.25. The molecule has 10 nitrogen and oxygen atoms in total. The Morgan fingerprint density at radius 1 is 0.884 bits per heavy atom. The average Bonchev–Trinajstić information content (AvgIpc) is 3.02. The van der Waals surface area contributed by atoms with Crippen molar-refractivity contribution in [1.82, 2.24) is 10.2 Å². The first-order valence-corrected chi connectivity index (χ1v) is 15.6. The van der Waals surface area contributed by atoms with Crippen molar-refractivity contribution in [2.24, 2.45) is 0 Å². The minimum atomic E-state index is -4.30. The van der Waals surface area contributed by atoms with Crippen LogP contribution in [0.2, 0.25) is 0 Å². The lowest BCUT2D eigenvalue weighted by molar-refractivity contribution is -0.139. The fourth-order valence-electron chi connectivity index (χ4n) is 4.34. The largest absolute Gasteiger partial charge is 0.494 e. The van der Waals surface area contributed by atoms with E-state index in [-0.39, 0.29) is 34.8 Å². The number of carbonyl (C=O) groups excluding carboxylic acids is 2. The SMILES string of the molecule is CCOc1ccc(N(CC(=O)N(Cc2ccccc2)[C@@H](C)C(=O)N[C@@H](C)CC)S(=O)(=O)c2ccc(OC)c(OC)c2)cc1. The van der Waals surface area contributed by atoms with Crippen LogP contribution in [0.15, 0.2) is 77.7 Å². The molecule has 3 aromatic rings. The molecular weight excluding hydrogens is 570 g/mol. The summed E-state index contributed by atoms with van der Waals surface area (Å²) < 4.78 is 45.5. The van der Waals surface area contributed by atoms with Gasteiger partial charge in [-0.2, -0.15) is 0 Å². The third-order valence-electron chi connectivity index (χ3n) is 7.02. The number of nitrogens with zero attached hydrogens (tertiary/aromatic N) is 2. The van der Waals surface area contributed by atoms with Crippen molar-refractivity contribution < 1.29 is 32.2 Å². The smallest absolute Gasteiger partial charge is 0.264 e. The van der Waals surface area contributed by atoms with Crippen LogP contribution in [-0.2, 0) is 26.2 Å². The summed E-state index contributed by atoms with van der Waals surface area (Å²) in [7, 11) is -1.43. The van der Waals surface area contributed by atoms with Crippen molar-refractivity contribution in [3.8, 4) is 17.2 Å². The van der Waals surface area contributed by atoms with Gasteiger partial charge in [-0.3, -0.25) is 13.9 Å². The Morgan fingerprint density at radius 2 is 1.53 bits per heavy atom. The molecular formula is C32H41N3O7S. The number of anilines is 1. The minimum absolute atomic E-state index is 0.0885. The van der Waals surface area contributed by atoms with Crippen molar-refractivity contribution >= 4 is 27.5 Å². The normalized spacial score (nSPS) is 12.5. The van der Waals surface area contributed by atoms with Crippen molar-refractivity contribution in [3.63, 3.8) is 0 Å². The Balaban J connectivity index is 2.06. The fraction of sp³-hybridized carbons (Fsp3) is 0.375. The van der Waals surface area contributed by atoms with Crippen LogP contribution in [0.3, 0.4) is 0 Å². The molecule has 0 aliphatic rings. The summed E-state index contributed by atoms with van der Waals surface area (Å²) in [5, 5.41) is 2.93. The molecule has 3 rings (SSSR count). The van der Waals surface area contributed by atoms with Gasteiger partial charge >= 0.3 is 0 Å². The van der Waals surface area contributed by atoms with Gasteiger partial charge in [0.15, 0.2) is 11.5 Å². The quantitative estimate of drug-likeness (QED) is 0.267. The molecule has 0 spiro atoms. The summed E-state index contributed by atoms with van der Waals surface area (Å²) in [5.41, 5.74) is 1.05. The van der Waals surface area contributed by atoms with Crippen LogP contribution in [0.1, 0.15) is 39.7 Å². The number of nitrogens with one attached hydrogen (secondary N) is 1. The zero-order valence-corrected chi connectivity index (χ0v) is 26.4. The molecule has 3 aromatic carbocycles. The molecule has 0 heterocycles. The maximum atomic E-state index is 14.2. The molecule has 232 valence electrons. The maximum absolute atomic E-state index is 14.2. The monoisotopic (exact) mass is 611 g/mol. The molecule has 0 aromatic heterocycles. The van der Waals surface area contributed by atoms with Gasteiger partial charge in [0.2, 0.25) is 11.8 Å². The average molecular weight is 612 g/mol. The van der Waals surface area contributed by atoms with Crippen LogP contribution in [0, 0.1) is 0 Å².